The number of carbonyl (C=O) groups is 1. The van der Waals surface area contributed by atoms with Gasteiger partial charge in [-0.3, -0.25) is 9.48 Å². The van der Waals surface area contributed by atoms with Crippen LogP contribution in [-0.4, -0.2) is 52.9 Å². The van der Waals surface area contributed by atoms with Crippen molar-refractivity contribution in [2.24, 2.45) is 0 Å². The first kappa shape index (κ1) is 23.7. The zero-order valence-corrected chi connectivity index (χ0v) is 19.9. The fourth-order valence-corrected chi connectivity index (χ4v) is 4.39. The number of fused-ring (bicyclic) bond motifs is 1. The Morgan fingerprint density at radius 3 is 2.74 bits per heavy atom. The molecule has 1 fully saturated rings. The molecule has 1 atom stereocenters. The van der Waals surface area contributed by atoms with Gasteiger partial charge in [0, 0.05) is 19.2 Å². The Hall–Kier alpha value is -3.48. The van der Waals surface area contributed by atoms with E-state index in [1.807, 2.05) is 0 Å². The van der Waals surface area contributed by atoms with Crippen molar-refractivity contribution in [2.75, 3.05) is 33.0 Å². The van der Waals surface area contributed by atoms with E-state index in [2.05, 4.69) is 28.5 Å². The Bertz CT molecular complexity index is 1350. The second-order valence-electron chi connectivity index (χ2n) is 7.47. The van der Waals surface area contributed by atoms with Gasteiger partial charge in [0.15, 0.2) is 11.6 Å². The summed E-state index contributed by atoms with van der Waals surface area (Å²) in [6.07, 6.45) is 3.35. The first-order valence-corrected chi connectivity index (χ1v) is 10.9. The van der Waals surface area contributed by atoms with E-state index in [1.54, 1.807) is 9.58 Å². The van der Waals surface area contributed by atoms with Crippen LogP contribution < -0.4 is 15.2 Å². The third-order valence-corrected chi connectivity index (χ3v) is 6.24. The summed E-state index contributed by atoms with van der Waals surface area (Å²) in [4.78, 5) is 17.8. The predicted molar refractivity (Wildman–Crippen MR) is 128 cm³/mol. The van der Waals surface area contributed by atoms with E-state index >= 15 is 0 Å². The molecule has 1 saturated heterocycles. The van der Waals surface area contributed by atoms with Crippen molar-refractivity contribution < 1.29 is 18.7 Å². The van der Waals surface area contributed by atoms with Crippen molar-refractivity contribution in [1.82, 2.24) is 19.7 Å². The lowest BCUT2D eigenvalue weighted by atomic mass is 10.1. The number of aromatic nitrogens is 3. The van der Waals surface area contributed by atoms with E-state index < -0.39 is 5.82 Å². The molecule has 1 aliphatic heterocycles. The van der Waals surface area contributed by atoms with Crippen LogP contribution in [0, 0.1) is 17.7 Å². The van der Waals surface area contributed by atoms with E-state index in [9.17, 15) is 9.18 Å². The van der Waals surface area contributed by atoms with E-state index in [0.29, 0.717) is 35.4 Å². The molecule has 0 spiro atoms. The van der Waals surface area contributed by atoms with Crippen molar-refractivity contribution in [1.29, 1.82) is 0 Å². The number of pyridine rings is 1. The molecule has 3 heterocycles. The highest BCUT2D eigenvalue weighted by molar-refractivity contribution is 6.35. The maximum absolute atomic E-state index is 14.9. The highest BCUT2D eigenvalue weighted by atomic mass is 35.5. The third kappa shape index (κ3) is 4.00. The van der Waals surface area contributed by atoms with Crippen molar-refractivity contribution >= 4 is 45.8 Å². The molecular formula is C23H20Cl2FN5O3. The maximum Gasteiger partial charge on any atom is 0.246 e. The molecule has 2 aromatic heterocycles. The Labute approximate surface area is 205 Å². The SMILES string of the molecule is C=CC(=O)N1CCC(n2nc(C#Cc3c(F)c(OC)cc(OC)c3Cl)c3c(N)ncc(Cl)c32)C1. The van der Waals surface area contributed by atoms with Gasteiger partial charge >= 0.3 is 0 Å². The summed E-state index contributed by atoms with van der Waals surface area (Å²) in [5, 5.41) is 5.37. The van der Waals surface area contributed by atoms with Crippen molar-refractivity contribution in [3.05, 3.63) is 52.0 Å². The van der Waals surface area contributed by atoms with Crippen LogP contribution in [0.5, 0.6) is 11.5 Å². The minimum atomic E-state index is -0.733. The zero-order valence-electron chi connectivity index (χ0n) is 18.4. The second-order valence-corrected chi connectivity index (χ2v) is 8.26. The summed E-state index contributed by atoms with van der Waals surface area (Å²) in [5.41, 5.74) is 6.81. The fourth-order valence-electron chi connectivity index (χ4n) is 3.90. The molecule has 0 radical (unpaired) electrons. The number of hydrogen-bond acceptors (Lipinski definition) is 6. The fraction of sp³-hybridized carbons (Fsp3) is 0.261. The Morgan fingerprint density at radius 1 is 1.32 bits per heavy atom. The number of methoxy groups -OCH3 is 2. The molecule has 176 valence electrons. The Morgan fingerprint density at radius 2 is 2.06 bits per heavy atom. The molecule has 0 aliphatic carbocycles. The maximum atomic E-state index is 14.9. The first-order valence-electron chi connectivity index (χ1n) is 10.2. The number of benzene rings is 1. The molecule has 34 heavy (non-hydrogen) atoms. The van der Waals surface area contributed by atoms with Crippen molar-refractivity contribution in [3.63, 3.8) is 0 Å². The van der Waals surface area contributed by atoms with E-state index in [1.165, 1.54) is 32.6 Å². The van der Waals surface area contributed by atoms with Crippen LogP contribution in [0.15, 0.2) is 24.9 Å². The van der Waals surface area contributed by atoms with Crippen LogP contribution in [0.2, 0.25) is 10.0 Å². The van der Waals surface area contributed by atoms with Gasteiger partial charge in [0.25, 0.3) is 0 Å². The minimum absolute atomic E-state index is 0.00413. The lowest BCUT2D eigenvalue weighted by Crippen LogP contribution is -2.27. The van der Waals surface area contributed by atoms with Crippen molar-refractivity contribution in [3.8, 4) is 23.3 Å². The number of nitrogens with two attached hydrogens (primary N) is 1. The van der Waals surface area contributed by atoms with Crippen LogP contribution in [0.1, 0.15) is 23.7 Å². The summed E-state index contributed by atoms with van der Waals surface area (Å²) >= 11 is 12.8. The molecule has 4 rings (SSSR count). The van der Waals surface area contributed by atoms with E-state index in [0.717, 1.165) is 0 Å². The summed E-state index contributed by atoms with van der Waals surface area (Å²) in [5.74, 6) is 5.00. The smallest absolute Gasteiger partial charge is 0.246 e. The average Bonchev–Trinajstić information content (AvgIpc) is 3.47. The van der Waals surface area contributed by atoms with Crippen molar-refractivity contribution in [2.45, 2.75) is 12.5 Å². The standard InChI is InChI=1S/C23H20Cl2FN5O3/c1-4-18(32)30-8-7-12(11-30)31-22-14(24)10-28-23(27)19(22)15(29-31)6-5-13-20(25)16(33-2)9-17(34-3)21(13)26/h4,9-10,12H,1,7-8,11H2,2-3H3,(H2,27,28). The van der Waals surface area contributed by atoms with Gasteiger partial charge in [-0.2, -0.15) is 5.10 Å². The summed E-state index contributed by atoms with van der Waals surface area (Å²) < 4.78 is 26.9. The number of nitrogen functional groups attached to an aromatic ring is 1. The van der Waals surface area contributed by atoms with Crippen LogP contribution >= 0.6 is 23.2 Å². The number of carbonyl (C=O) groups excluding carboxylic acids is 1. The van der Waals surface area contributed by atoms with Gasteiger partial charge < -0.3 is 20.1 Å². The number of rotatable bonds is 4. The second kappa shape index (κ2) is 9.41. The molecule has 1 amide bonds. The number of halogens is 3. The zero-order chi connectivity index (χ0) is 24.6. The number of ether oxygens (including phenoxy) is 2. The Balaban J connectivity index is 1.86. The Kier molecular flexibility index (Phi) is 6.55. The van der Waals surface area contributed by atoms with Gasteiger partial charge in [0.05, 0.1) is 47.9 Å². The van der Waals surface area contributed by atoms with Crippen LogP contribution in [0.25, 0.3) is 10.9 Å². The van der Waals surface area contributed by atoms with Crippen LogP contribution in [0.3, 0.4) is 0 Å². The van der Waals surface area contributed by atoms with Gasteiger partial charge in [-0.05, 0) is 18.4 Å². The molecule has 8 nitrogen and oxygen atoms in total. The number of likely N-dealkylation sites (tertiary alicyclic amines) is 1. The predicted octanol–water partition coefficient (Wildman–Crippen LogP) is 3.84. The third-order valence-electron chi connectivity index (χ3n) is 5.58. The summed E-state index contributed by atoms with van der Waals surface area (Å²) in [7, 11) is 2.73. The van der Waals surface area contributed by atoms with Crippen LogP contribution in [0.4, 0.5) is 10.2 Å². The van der Waals surface area contributed by atoms with E-state index in [-0.39, 0.29) is 45.5 Å². The molecule has 1 aliphatic rings. The lowest BCUT2D eigenvalue weighted by Gasteiger charge is -2.15. The van der Waals surface area contributed by atoms with Gasteiger partial charge in [-0.25, -0.2) is 9.37 Å². The molecule has 0 bridgehead atoms. The molecule has 0 saturated carbocycles. The number of nitrogens with zero attached hydrogens (tertiary/aromatic N) is 4. The average molecular weight is 504 g/mol. The van der Waals surface area contributed by atoms with Gasteiger partial charge in [-0.1, -0.05) is 35.7 Å². The van der Waals surface area contributed by atoms with Crippen LogP contribution in [-0.2, 0) is 4.79 Å². The molecule has 11 heteroatoms. The number of hydrogen-bond donors (Lipinski definition) is 1. The molecule has 1 unspecified atom stereocenters. The molecular weight excluding hydrogens is 484 g/mol. The normalized spacial score (nSPS) is 15.2. The quantitative estimate of drug-likeness (QED) is 0.429. The summed E-state index contributed by atoms with van der Waals surface area (Å²) in [6, 6.07) is 1.17. The van der Waals surface area contributed by atoms with Gasteiger partial charge in [0.2, 0.25) is 5.91 Å². The topological polar surface area (TPSA) is 95.5 Å². The highest BCUT2D eigenvalue weighted by Crippen LogP contribution is 2.37. The lowest BCUT2D eigenvalue weighted by molar-refractivity contribution is -0.125. The number of amides is 1. The molecule has 1 aromatic carbocycles. The highest BCUT2D eigenvalue weighted by Gasteiger charge is 2.30. The largest absolute Gasteiger partial charge is 0.495 e. The monoisotopic (exact) mass is 503 g/mol. The summed E-state index contributed by atoms with van der Waals surface area (Å²) in [6.45, 7) is 4.50. The minimum Gasteiger partial charge on any atom is -0.495 e. The molecule has 3 aromatic rings. The number of anilines is 1. The first-order chi connectivity index (χ1) is 16.3. The van der Waals surface area contributed by atoms with Gasteiger partial charge in [0.1, 0.15) is 22.3 Å². The van der Waals surface area contributed by atoms with E-state index in [4.69, 9.17) is 38.4 Å². The van der Waals surface area contributed by atoms with Gasteiger partial charge in [-0.15, -0.1) is 0 Å². The molecule has 2 N–H and O–H groups in total.